The molecule has 0 unspecified atom stereocenters. The van der Waals surface area contributed by atoms with E-state index >= 15 is 0 Å². The quantitative estimate of drug-likeness (QED) is 0.552. The van der Waals surface area contributed by atoms with E-state index in [1.54, 1.807) is 0 Å². The molecule has 0 fully saturated rings. The monoisotopic (exact) mass is 176 g/mol. The van der Waals surface area contributed by atoms with Gasteiger partial charge in [0.1, 0.15) is 5.76 Å². The molecule has 1 aliphatic rings. The van der Waals surface area contributed by atoms with Gasteiger partial charge in [-0.3, -0.25) is 4.79 Å². The Balaban J connectivity index is 0.000000218. The maximum atomic E-state index is 9.00. The Morgan fingerprint density at radius 3 is 2.27 bits per heavy atom. The minimum Gasteiger partial charge on any atom is -0.497 e. The molecule has 1 N–H and O–H groups in total. The first-order valence-electron chi connectivity index (χ1n) is 3.25. The van der Waals surface area contributed by atoms with Crippen LogP contribution in [0.25, 0.3) is 0 Å². The Morgan fingerprint density at radius 2 is 2.18 bits per heavy atom. The maximum Gasteiger partial charge on any atom is 0.300 e. The number of aliphatic carboxylic acids is 1. The number of allylic oxidation sites excluding steroid dienone is 1. The second-order valence-corrected chi connectivity index (χ2v) is 2.66. The van der Waals surface area contributed by atoms with Gasteiger partial charge < -0.3 is 9.84 Å². The summed E-state index contributed by atoms with van der Waals surface area (Å²) in [6, 6.07) is 0. The first-order chi connectivity index (χ1) is 5.04. The van der Waals surface area contributed by atoms with E-state index in [0.29, 0.717) is 0 Å². The van der Waals surface area contributed by atoms with Gasteiger partial charge in [0, 0.05) is 18.2 Å². The zero-order valence-corrected chi connectivity index (χ0v) is 7.52. The van der Waals surface area contributed by atoms with E-state index in [9.17, 15) is 0 Å². The van der Waals surface area contributed by atoms with Gasteiger partial charge >= 0.3 is 0 Å². The van der Waals surface area contributed by atoms with E-state index in [-0.39, 0.29) is 0 Å². The highest BCUT2D eigenvalue weighted by Gasteiger charge is 2.05. The van der Waals surface area contributed by atoms with Crippen LogP contribution in [-0.2, 0) is 9.53 Å². The van der Waals surface area contributed by atoms with Crippen molar-refractivity contribution in [1.29, 1.82) is 0 Å². The third-order valence-corrected chi connectivity index (χ3v) is 1.60. The molecule has 0 bridgehead atoms. The first kappa shape index (κ1) is 10.4. The summed E-state index contributed by atoms with van der Waals surface area (Å²) in [4.78, 5) is 10.1. The van der Waals surface area contributed by atoms with Crippen molar-refractivity contribution in [3.63, 3.8) is 0 Å². The molecule has 0 aromatic rings. The standard InChI is InChI=1S/C5H8OS.C2H4O2/c1-4-5(7)2-3-6-4;1-2(3)4/h7H,2-3H2,1H3;1H3,(H,3,4). The smallest absolute Gasteiger partial charge is 0.300 e. The van der Waals surface area contributed by atoms with Crippen molar-refractivity contribution in [3.8, 4) is 0 Å². The molecule has 0 aromatic heterocycles. The molecule has 0 atom stereocenters. The fourth-order valence-electron chi connectivity index (χ4n) is 0.560. The van der Waals surface area contributed by atoms with Crippen molar-refractivity contribution in [1.82, 2.24) is 0 Å². The Hall–Kier alpha value is -0.640. The average molecular weight is 176 g/mol. The predicted molar refractivity (Wildman–Crippen MR) is 45.6 cm³/mol. The zero-order valence-electron chi connectivity index (χ0n) is 6.63. The van der Waals surface area contributed by atoms with E-state index in [1.807, 2.05) is 6.92 Å². The Labute approximate surface area is 71.5 Å². The molecule has 0 saturated carbocycles. The number of hydrogen-bond donors (Lipinski definition) is 2. The van der Waals surface area contributed by atoms with Crippen molar-refractivity contribution in [3.05, 3.63) is 10.7 Å². The molecule has 0 spiro atoms. The number of hydrogen-bond acceptors (Lipinski definition) is 3. The molecule has 0 radical (unpaired) electrons. The van der Waals surface area contributed by atoms with Gasteiger partial charge in [0.2, 0.25) is 0 Å². The van der Waals surface area contributed by atoms with Crippen molar-refractivity contribution in [2.45, 2.75) is 20.3 Å². The van der Waals surface area contributed by atoms with E-state index < -0.39 is 5.97 Å². The molecule has 1 heterocycles. The molecular formula is C7H12O3S. The summed E-state index contributed by atoms with van der Waals surface area (Å²) in [5.41, 5.74) is 0. The first-order valence-corrected chi connectivity index (χ1v) is 3.69. The van der Waals surface area contributed by atoms with Crippen LogP contribution in [0.5, 0.6) is 0 Å². The largest absolute Gasteiger partial charge is 0.497 e. The fraction of sp³-hybridized carbons (Fsp3) is 0.571. The van der Waals surface area contributed by atoms with Gasteiger partial charge in [-0.1, -0.05) is 0 Å². The maximum absolute atomic E-state index is 9.00. The van der Waals surface area contributed by atoms with Crippen LogP contribution in [0.1, 0.15) is 20.3 Å². The van der Waals surface area contributed by atoms with Crippen LogP contribution in [-0.4, -0.2) is 17.7 Å². The molecule has 0 aliphatic carbocycles. The van der Waals surface area contributed by atoms with Gasteiger partial charge in [-0.25, -0.2) is 0 Å². The van der Waals surface area contributed by atoms with E-state index in [1.165, 1.54) is 0 Å². The van der Waals surface area contributed by atoms with Crippen molar-refractivity contribution >= 4 is 18.6 Å². The Bertz CT molecular complexity index is 159. The average Bonchev–Trinajstić information content (AvgIpc) is 2.15. The van der Waals surface area contributed by atoms with Gasteiger partial charge in [0.25, 0.3) is 5.97 Å². The minimum atomic E-state index is -0.833. The lowest BCUT2D eigenvalue weighted by atomic mass is 10.4. The number of ether oxygens (including phenoxy) is 1. The number of thiol groups is 1. The molecule has 64 valence electrons. The summed E-state index contributed by atoms with van der Waals surface area (Å²) in [5.74, 6) is 0.156. The van der Waals surface area contributed by atoms with Crippen LogP contribution in [0.4, 0.5) is 0 Å². The summed E-state index contributed by atoms with van der Waals surface area (Å²) in [7, 11) is 0. The molecular weight excluding hydrogens is 164 g/mol. The predicted octanol–water partition coefficient (Wildman–Crippen LogP) is 1.66. The molecule has 0 amide bonds. The summed E-state index contributed by atoms with van der Waals surface area (Å²) >= 11 is 4.14. The molecule has 4 heteroatoms. The summed E-state index contributed by atoms with van der Waals surface area (Å²) in [6.45, 7) is 3.85. The Morgan fingerprint density at radius 1 is 1.73 bits per heavy atom. The molecule has 0 saturated heterocycles. The van der Waals surface area contributed by atoms with Gasteiger partial charge in [0.15, 0.2) is 0 Å². The van der Waals surface area contributed by atoms with Gasteiger partial charge in [-0.2, -0.15) is 0 Å². The van der Waals surface area contributed by atoms with Crippen LogP contribution in [0.3, 0.4) is 0 Å². The zero-order chi connectivity index (χ0) is 8.85. The summed E-state index contributed by atoms with van der Waals surface area (Å²) in [6.07, 6.45) is 0.995. The second kappa shape index (κ2) is 5.07. The third-order valence-electron chi connectivity index (χ3n) is 1.06. The SMILES string of the molecule is CC(=O)O.CC1=C(S)CCO1. The van der Waals surface area contributed by atoms with Crippen molar-refractivity contribution < 1.29 is 14.6 Å². The highest BCUT2D eigenvalue weighted by Crippen LogP contribution is 2.20. The van der Waals surface area contributed by atoms with E-state index in [0.717, 1.165) is 30.6 Å². The van der Waals surface area contributed by atoms with Crippen LogP contribution in [0.2, 0.25) is 0 Å². The van der Waals surface area contributed by atoms with Gasteiger partial charge in [0.05, 0.1) is 6.61 Å². The number of carboxylic acids is 1. The second-order valence-electron chi connectivity index (χ2n) is 2.12. The highest BCUT2D eigenvalue weighted by molar-refractivity contribution is 7.84. The van der Waals surface area contributed by atoms with Crippen LogP contribution in [0.15, 0.2) is 10.7 Å². The van der Waals surface area contributed by atoms with Crippen LogP contribution < -0.4 is 0 Å². The Kier molecular flexibility index (Phi) is 4.77. The minimum absolute atomic E-state index is 0.824. The lowest BCUT2D eigenvalue weighted by molar-refractivity contribution is -0.134. The topological polar surface area (TPSA) is 46.5 Å². The van der Waals surface area contributed by atoms with Crippen molar-refractivity contribution in [2.24, 2.45) is 0 Å². The summed E-state index contributed by atoms with van der Waals surface area (Å²) in [5, 5.41) is 7.42. The number of carboxylic acid groups (broad SMARTS) is 1. The van der Waals surface area contributed by atoms with Gasteiger partial charge in [-0.05, 0) is 6.92 Å². The van der Waals surface area contributed by atoms with Crippen LogP contribution >= 0.6 is 12.6 Å². The van der Waals surface area contributed by atoms with Gasteiger partial charge in [-0.15, -0.1) is 12.6 Å². The van der Waals surface area contributed by atoms with E-state index in [4.69, 9.17) is 14.6 Å². The number of rotatable bonds is 0. The lowest BCUT2D eigenvalue weighted by Gasteiger charge is -1.90. The molecule has 0 aromatic carbocycles. The molecule has 11 heavy (non-hydrogen) atoms. The molecule has 1 aliphatic heterocycles. The normalized spacial score (nSPS) is 15.2. The lowest BCUT2D eigenvalue weighted by Crippen LogP contribution is -1.78. The van der Waals surface area contributed by atoms with Crippen molar-refractivity contribution in [2.75, 3.05) is 6.61 Å². The summed E-state index contributed by atoms with van der Waals surface area (Å²) < 4.78 is 5.07. The third kappa shape index (κ3) is 5.79. The van der Waals surface area contributed by atoms with Crippen LogP contribution in [0, 0.1) is 0 Å². The molecule has 1 rings (SSSR count). The van der Waals surface area contributed by atoms with E-state index in [2.05, 4.69) is 12.6 Å². The fourth-order valence-corrected chi connectivity index (χ4v) is 0.716. The molecule has 3 nitrogen and oxygen atoms in total. The highest BCUT2D eigenvalue weighted by atomic mass is 32.1. The number of carbonyl (C=O) groups is 1.